The third-order valence-electron chi connectivity index (χ3n) is 5.87. The minimum atomic E-state index is -0.472. The summed E-state index contributed by atoms with van der Waals surface area (Å²) in [5.41, 5.74) is 1.53. The van der Waals surface area contributed by atoms with E-state index in [2.05, 4.69) is 15.6 Å². The standard InChI is InChI=1S/C25H26FN3O2S/c1-17(21-16-27-24(32-21)19-5-3-2-4-6-19)28-22(30)11-13-25(14-12-23(31)29-25)15-18-7-9-20(26)10-8-18/h2-10,16-17H,11-15H2,1H3,(H,28,30)(H,29,31)/t17-,25-/m1/s1. The summed E-state index contributed by atoms with van der Waals surface area (Å²) in [5.74, 6) is -0.351. The van der Waals surface area contributed by atoms with Crippen molar-refractivity contribution in [3.05, 3.63) is 77.1 Å². The second-order valence-corrected chi connectivity index (χ2v) is 9.42. The van der Waals surface area contributed by atoms with Gasteiger partial charge in [-0.3, -0.25) is 9.59 Å². The van der Waals surface area contributed by atoms with Crippen molar-refractivity contribution in [2.24, 2.45) is 0 Å². The number of rotatable bonds is 8. The van der Waals surface area contributed by atoms with Crippen molar-refractivity contribution >= 4 is 23.2 Å². The van der Waals surface area contributed by atoms with Crippen molar-refractivity contribution in [2.45, 2.75) is 50.6 Å². The van der Waals surface area contributed by atoms with E-state index in [0.29, 0.717) is 32.1 Å². The number of hydrogen-bond donors (Lipinski definition) is 2. The lowest BCUT2D eigenvalue weighted by Crippen LogP contribution is -2.44. The van der Waals surface area contributed by atoms with Crippen LogP contribution in [0.5, 0.6) is 0 Å². The van der Waals surface area contributed by atoms with Crippen molar-refractivity contribution in [2.75, 3.05) is 0 Å². The lowest BCUT2D eigenvalue weighted by Gasteiger charge is -2.29. The Hall–Kier alpha value is -3.06. The van der Waals surface area contributed by atoms with Gasteiger partial charge in [0, 0.05) is 35.0 Å². The molecule has 1 saturated heterocycles. The van der Waals surface area contributed by atoms with Crippen LogP contribution in [0.25, 0.3) is 10.6 Å². The van der Waals surface area contributed by atoms with Crippen LogP contribution < -0.4 is 10.6 Å². The summed E-state index contributed by atoms with van der Waals surface area (Å²) in [7, 11) is 0. The predicted molar refractivity (Wildman–Crippen MR) is 124 cm³/mol. The topological polar surface area (TPSA) is 71.1 Å². The first-order chi connectivity index (χ1) is 15.4. The van der Waals surface area contributed by atoms with Crippen LogP contribution in [-0.4, -0.2) is 22.3 Å². The number of aromatic nitrogens is 1. The van der Waals surface area contributed by atoms with Gasteiger partial charge in [0.15, 0.2) is 0 Å². The highest BCUT2D eigenvalue weighted by Gasteiger charge is 2.38. The SMILES string of the molecule is C[C@@H](NC(=O)CC[C@]1(Cc2ccc(F)cc2)CCC(=O)N1)c1cnc(-c2ccccc2)s1. The molecule has 2 amide bonds. The van der Waals surface area contributed by atoms with E-state index in [9.17, 15) is 14.0 Å². The Morgan fingerprint density at radius 3 is 2.66 bits per heavy atom. The molecule has 32 heavy (non-hydrogen) atoms. The molecule has 4 rings (SSSR count). The van der Waals surface area contributed by atoms with Gasteiger partial charge in [-0.2, -0.15) is 0 Å². The van der Waals surface area contributed by atoms with Gasteiger partial charge in [-0.05, 0) is 43.9 Å². The average Bonchev–Trinajstić information content (AvgIpc) is 3.42. The highest BCUT2D eigenvalue weighted by Crippen LogP contribution is 2.31. The molecule has 0 spiro atoms. The maximum absolute atomic E-state index is 13.2. The molecule has 7 heteroatoms. The lowest BCUT2D eigenvalue weighted by atomic mass is 9.85. The molecule has 5 nitrogen and oxygen atoms in total. The minimum Gasteiger partial charge on any atom is -0.350 e. The predicted octanol–water partition coefficient (Wildman–Crippen LogP) is 4.80. The van der Waals surface area contributed by atoms with E-state index in [1.54, 1.807) is 23.5 Å². The zero-order valence-corrected chi connectivity index (χ0v) is 18.8. The number of amides is 2. The van der Waals surface area contributed by atoms with E-state index in [-0.39, 0.29) is 23.7 Å². The molecule has 1 aromatic heterocycles. The molecule has 2 aromatic carbocycles. The van der Waals surface area contributed by atoms with Crippen molar-refractivity contribution in [3.8, 4) is 10.6 Å². The van der Waals surface area contributed by atoms with E-state index in [0.717, 1.165) is 21.0 Å². The van der Waals surface area contributed by atoms with Crippen LogP contribution in [0.2, 0.25) is 0 Å². The van der Waals surface area contributed by atoms with Gasteiger partial charge >= 0.3 is 0 Å². The number of hydrogen-bond acceptors (Lipinski definition) is 4. The summed E-state index contributed by atoms with van der Waals surface area (Å²) in [6, 6.07) is 16.1. The molecule has 2 heterocycles. The summed E-state index contributed by atoms with van der Waals surface area (Å²) >= 11 is 1.57. The number of benzene rings is 2. The number of halogens is 1. The third-order valence-corrected chi connectivity index (χ3v) is 7.10. The second kappa shape index (κ2) is 9.61. The third kappa shape index (κ3) is 5.40. The van der Waals surface area contributed by atoms with Crippen LogP contribution in [0, 0.1) is 5.82 Å². The second-order valence-electron chi connectivity index (χ2n) is 8.35. The highest BCUT2D eigenvalue weighted by atomic mass is 32.1. The fourth-order valence-electron chi connectivity index (χ4n) is 4.11. The Morgan fingerprint density at radius 2 is 1.97 bits per heavy atom. The monoisotopic (exact) mass is 451 g/mol. The first-order valence-corrected chi connectivity index (χ1v) is 11.6. The molecule has 2 atom stereocenters. The molecule has 1 fully saturated rings. The normalized spacial score (nSPS) is 18.9. The fraction of sp³-hybridized carbons (Fsp3) is 0.320. The van der Waals surface area contributed by atoms with Crippen LogP contribution in [0.1, 0.15) is 49.1 Å². The maximum Gasteiger partial charge on any atom is 0.220 e. The van der Waals surface area contributed by atoms with Crippen LogP contribution in [0.15, 0.2) is 60.8 Å². The molecular weight excluding hydrogens is 425 g/mol. The highest BCUT2D eigenvalue weighted by molar-refractivity contribution is 7.15. The van der Waals surface area contributed by atoms with Gasteiger partial charge < -0.3 is 10.6 Å². The largest absolute Gasteiger partial charge is 0.350 e. The molecule has 0 saturated carbocycles. The number of nitrogens with one attached hydrogen (secondary N) is 2. The number of carbonyl (C=O) groups is 2. The van der Waals surface area contributed by atoms with E-state index in [1.165, 1.54) is 12.1 Å². The Bertz CT molecular complexity index is 1080. The van der Waals surface area contributed by atoms with Gasteiger partial charge in [-0.15, -0.1) is 11.3 Å². The van der Waals surface area contributed by atoms with Gasteiger partial charge in [0.2, 0.25) is 11.8 Å². The molecule has 0 radical (unpaired) electrons. The van der Waals surface area contributed by atoms with E-state index in [4.69, 9.17) is 0 Å². The Labute approximate surface area is 191 Å². The molecule has 0 bridgehead atoms. The van der Waals surface area contributed by atoms with Crippen LogP contribution in [-0.2, 0) is 16.0 Å². The number of carbonyl (C=O) groups excluding carboxylic acids is 2. The van der Waals surface area contributed by atoms with Crippen LogP contribution >= 0.6 is 11.3 Å². The molecule has 0 unspecified atom stereocenters. The first-order valence-electron chi connectivity index (χ1n) is 10.8. The molecule has 3 aromatic rings. The molecule has 166 valence electrons. The Kier molecular flexibility index (Phi) is 6.65. The summed E-state index contributed by atoms with van der Waals surface area (Å²) in [5, 5.41) is 7.05. The minimum absolute atomic E-state index is 0.000936. The zero-order chi connectivity index (χ0) is 22.6. The van der Waals surface area contributed by atoms with E-state index < -0.39 is 5.54 Å². The van der Waals surface area contributed by atoms with Crippen molar-refractivity contribution < 1.29 is 14.0 Å². The van der Waals surface area contributed by atoms with Gasteiger partial charge in [0.1, 0.15) is 10.8 Å². The van der Waals surface area contributed by atoms with Gasteiger partial charge in [0.05, 0.1) is 6.04 Å². The lowest BCUT2D eigenvalue weighted by molar-refractivity contribution is -0.123. The summed E-state index contributed by atoms with van der Waals surface area (Å²) in [4.78, 5) is 30.1. The molecule has 1 aliphatic rings. The first kappa shape index (κ1) is 22.1. The van der Waals surface area contributed by atoms with Crippen molar-refractivity contribution in [1.29, 1.82) is 0 Å². The Balaban J connectivity index is 1.36. The summed E-state index contributed by atoms with van der Waals surface area (Å²) < 4.78 is 13.2. The van der Waals surface area contributed by atoms with E-state index >= 15 is 0 Å². The van der Waals surface area contributed by atoms with Gasteiger partial charge in [0.25, 0.3) is 0 Å². The summed E-state index contributed by atoms with van der Waals surface area (Å²) in [6.45, 7) is 1.95. The number of nitrogens with zero attached hydrogens (tertiary/aromatic N) is 1. The van der Waals surface area contributed by atoms with Crippen LogP contribution in [0.4, 0.5) is 4.39 Å². The smallest absolute Gasteiger partial charge is 0.220 e. The maximum atomic E-state index is 13.2. The van der Waals surface area contributed by atoms with Gasteiger partial charge in [-0.1, -0.05) is 42.5 Å². The Morgan fingerprint density at radius 1 is 1.22 bits per heavy atom. The van der Waals surface area contributed by atoms with Gasteiger partial charge in [-0.25, -0.2) is 9.37 Å². The molecule has 0 aliphatic carbocycles. The molecule has 1 aliphatic heterocycles. The number of thiazole rings is 1. The average molecular weight is 452 g/mol. The fourth-order valence-corrected chi connectivity index (χ4v) is 5.04. The summed E-state index contributed by atoms with van der Waals surface area (Å²) in [6.07, 6.45) is 4.34. The van der Waals surface area contributed by atoms with Crippen LogP contribution in [0.3, 0.4) is 0 Å². The van der Waals surface area contributed by atoms with E-state index in [1.807, 2.05) is 43.5 Å². The van der Waals surface area contributed by atoms with Crippen molar-refractivity contribution in [3.63, 3.8) is 0 Å². The molecule has 2 N–H and O–H groups in total. The molecular formula is C25H26FN3O2S. The quantitative estimate of drug-likeness (QED) is 0.517. The van der Waals surface area contributed by atoms with Crippen molar-refractivity contribution in [1.82, 2.24) is 15.6 Å². The zero-order valence-electron chi connectivity index (χ0n) is 17.9.